The van der Waals surface area contributed by atoms with Gasteiger partial charge >= 0.3 is 0 Å². The lowest BCUT2D eigenvalue weighted by molar-refractivity contribution is -0.115. The molecule has 2 aromatic rings. The van der Waals surface area contributed by atoms with Crippen molar-refractivity contribution in [1.29, 1.82) is 5.26 Å². The minimum atomic E-state index is -0.218. The number of rotatable bonds is 6. The highest BCUT2D eigenvalue weighted by Gasteiger charge is 2.11. The first-order valence-electron chi connectivity index (χ1n) is 8.23. The van der Waals surface area contributed by atoms with Gasteiger partial charge in [-0.1, -0.05) is 49.7 Å². The number of amides is 1. The van der Waals surface area contributed by atoms with Crippen molar-refractivity contribution in [3.05, 3.63) is 64.2 Å². The predicted molar refractivity (Wildman–Crippen MR) is 102 cm³/mol. The molecule has 0 fully saturated rings. The molecule has 4 nitrogen and oxygen atoms in total. The summed E-state index contributed by atoms with van der Waals surface area (Å²) >= 11 is 5.92. The van der Waals surface area contributed by atoms with Crippen LogP contribution < -0.4 is 10.6 Å². The van der Waals surface area contributed by atoms with Crippen LogP contribution >= 0.6 is 11.6 Å². The Hall–Kier alpha value is -2.35. The number of halogens is 1. The van der Waals surface area contributed by atoms with Crippen LogP contribution in [0.2, 0.25) is 5.02 Å². The number of benzene rings is 2. The first kappa shape index (κ1) is 19.0. The van der Waals surface area contributed by atoms with Gasteiger partial charge in [0.2, 0.25) is 5.91 Å². The molecule has 2 N–H and O–H groups in total. The highest BCUT2D eigenvalue weighted by atomic mass is 35.5. The maximum atomic E-state index is 12.1. The molecule has 0 saturated heterocycles. The molecule has 0 spiro atoms. The second-order valence-corrected chi connectivity index (χ2v) is 6.71. The van der Waals surface area contributed by atoms with E-state index in [1.807, 2.05) is 13.0 Å². The molecule has 0 aliphatic carbocycles. The first-order chi connectivity index (χ1) is 11.9. The molecule has 1 atom stereocenters. The van der Waals surface area contributed by atoms with Crippen LogP contribution in [-0.4, -0.2) is 12.5 Å². The van der Waals surface area contributed by atoms with Crippen LogP contribution in [0.4, 0.5) is 5.69 Å². The highest BCUT2D eigenvalue weighted by Crippen LogP contribution is 2.21. The first-order valence-corrected chi connectivity index (χ1v) is 8.61. The summed E-state index contributed by atoms with van der Waals surface area (Å²) in [5.74, 6) is 0.277. The molecule has 1 amide bonds. The molecular weight excluding hydrogens is 334 g/mol. The van der Waals surface area contributed by atoms with Crippen LogP contribution in [0.25, 0.3) is 0 Å². The van der Waals surface area contributed by atoms with Crippen molar-refractivity contribution in [2.75, 3.05) is 11.9 Å². The average molecular weight is 356 g/mol. The predicted octanol–water partition coefficient (Wildman–Crippen LogP) is 4.62. The lowest BCUT2D eigenvalue weighted by Gasteiger charge is -2.15. The van der Waals surface area contributed by atoms with Gasteiger partial charge in [0.05, 0.1) is 17.8 Å². The van der Waals surface area contributed by atoms with E-state index in [-0.39, 0.29) is 18.5 Å². The van der Waals surface area contributed by atoms with Gasteiger partial charge in [-0.05, 0) is 42.2 Å². The SMILES string of the molecule is CC(C)c1ccc(C(C)NCC(=O)Nc2cc(Cl)ccc2C#N)cc1. The van der Waals surface area contributed by atoms with Crippen molar-refractivity contribution in [2.24, 2.45) is 0 Å². The summed E-state index contributed by atoms with van der Waals surface area (Å²) in [5.41, 5.74) is 3.22. The number of carbonyl (C=O) groups is 1. The van der Waals surface area contributed by atoms with E-state index in [0.717, 1.165) is 5.56 Å². The maximum absolute atomic E-state index is 12.1. The van der Waals surface area contributed by atoms with Crippen LogP contribution in [0.3, 0.4) is 0 Å². The van der Waals surface area contributed by atoms with E-state index >= 15 is 0 Å². The minimum Gasteiger partial charge on any atom is -0.324 e. The third kappa shape index (κ3) is 5.32. The van der Waals surface area contributed by atoms with Crippen molar-refractivity contribution >= 4 is 23.2 Å². The molecule has 2 aromatic carbocycles. The Morgan fingerprint density at radius 1 is 1.12 bits per heavy atom. The molecule has 130 valence electrons. The van der Waals surface area contributed by atoms with Gasteiger partial charge in [0.1, 0.15) is 6.07 Å². The normalized spacial score (nSPS) is 11.8. The zero-order chi connectivity index (χ0) is 18.4. The number of hydrogen-bond acceptors (Lipinski definition) is 3. The van der Waals surface area contributed by atoms with Gasteiger partial charge in [0, 0.05) is 11.1 Å². The number of carbonyl (C=O) groups excluding carboxylic acids is 1. The molecule has 0 aliphatic rings. The van der Waals surface area contributed by atoms with E-state index in [1.165, 1.54) is 5.56 Å². The zero-order valence-corrected chi connectivity index (χ0v) is 15.4. The fourth-order valence-corrected chi connectivity index (χ4v) is 2.62. The van der Waals surface area contributed by atoms with E-state index in [1.54, 1.807) is 18.2 Å². The minimum absolute atomic E-state index is 0.0433. The summed E-state index contributed by atoms with van der Waals surface area (Å²) in [5, 5.41) is 15.5. The fraction of sp³-hybridized carbons (Fsp3) is 0.300. The number of nitrogens with one attached hydrogen (secondary N) is 2. The Morgan fingerprint density at radius 3 is 2.36 bits per heavy atom. The summed E-state index contributed by atoms with van der Waals surface area (Å²) in [6.07, 6.45) is 0. The summed E-state index contributed by atoms with van der Waals surface area (Å²) in [6, 6.07) is 15.3. The lowest BCUT2D eigenvalue weighted by Crippen LogP contribution is -2.30. The molecule has 25 heavy (non-hydrogen) atoms. The second kappa shape index (κ2) is 8.66. The van der Waals surface area contributed by atoms with Crippen LogP contribution in [0.15, 0.2) is 42.5 Å². The third-order valence-electron chi connectivity index (χ3n) is 4.05. The summed E-state index contributed by atoms with van der Waals surface area (Å²) in [7, 11) is 0. The van der Waals surface area contributed by atoms with E-state index in [0.29, 0.717) is 22.2 Å². The van der Waals surface area contributed by atoms with Crippen molar-refractivity contribution in [2.45, 2.75) is 32.7 Å². The van der Waals surface area contributed by atoms with Crippen molar-refractivity contribution in [1.82, 2.24) is 5.32 Å². The van der Waals surface area contributed by atoms with Crippen LogP contribution in [-0.2, 0) is 4.79 Å². The van der Waals surface area contributed by atoms with E-state index in [2.05, 4.69) is 48.7 Å². The zero-order valence-electron chi connectivity index (χ0n) is 14.6. The van der Waals surface area contributed by atoms with Crippen LogP contribution in [0.5, 0.6) is 0 Å². The van der Waals surface area contributed by atoms with Crippen molar-refractivity contribution in [3.8, 4) is 6.07 Å². The van der Waals surface area contributed by atoms with Gasteiger partial charge in [0.25, 0.3) is 0 Å². The number of anilines is 1. The Kier molecular flexibility index (Phi) is 6.58. The summed E-state index contributed by atoms with van der Waals surface area (Å²) < 4.78 is 0. The lowest BCUT2D eigenvalue weighted by atomic mass is 9.99. The average Bonchev–Trinajstić information content (AvgIpc) is 2.60. The van der Waals surface area contributed by atoms with Gasteiger partial charge in [-0.3, -0.25) is 4.79 Å². The Bertz CT molecular complexity index is 779. The third-order valence-corrected chi connectivity index (χ3v) is 4.28. The van der Waals surface area contributed by atoms with Crippen molar-refractivity contribution in [3.63, 3.8) is 0 Å². The highest BCUT2D eigenvalue weighted by molar-refractivity contribution is 6.31. The van der Waals surface area contributed by atoms with Crippen molar-refractivity contribution < 1.29 is 4.79 Å². The topological polar surface area (TPSA) is 64.9 Å². The van der Waals surface area contributed by atoms with E-state index < -0.39 is 0 Å². The molecule has 2 rings (SSSR count). The molecule has 0 heterocycles. The van der Waals surface area contributed by atoms with Gasteiger partial charge < -0.3 is 10.6 Å². The molecule has 0 bridgehead atoms. The molecule has 0 radical (unpaired) electrons. The molecular formula is C20H22ClN3O. The van der Waals surface area contributed by atoms with E-state index in [4.69, 9.17) is 16.9 Å². The summed E-state index contributed by atoms with van der Waals surface area (Å²) in [4.78, 5) is 12.1. The number of nitriles is 1. The Balaban J connectivity index is 1.93. The number of nitrogens with zero attached hydrogens (tertiary/aromatic N) is 1. The van der Waals surface area contributed by atoms with Crippen LogP contribution in [0.1, 0.15) is 49.4 Å². The largest absolute Gasteiger partial charge is 0.324 e. The van der Waals surface area contributed by atoms with Gasteiger partial charge in [-0.2, -0.15) is 5.26 Å². The summed E-state index contributed by atoms with van der Waals surface area (Å²) in [6.45, 7) is 6.47. The maximum Gasteiger partial charge on any atom is 0.238 e. The van der Waals surface area contributed by atoms with E-state index in [9.17, 15) is 4.79 Å². The number of hydrogen-bond donors (Lipinski definition) is 2. The molecule has 0 aromatic heterocycles. The van der Waals surface area contributed by atoms with Gasteiger partial charge in [-0.15, -0.1) is 0 Å². The van der Waals surface area contributed by atoms with Gasteiger partial charge in [0.15, 0.2) is 0 Å². The Labute approximate surface area is 153 Å². The quantitative estimate of drug-likeness (QED) is 0.794. The van der Waals surface area contributed by atoms with Gasteiger partial charge in [-0.25, -0.2) is 0 Å². The standard InChI is InChI=1S/C20H22ClN3O/c1-13(2)15-4-6-16(7-5-15)14(3)23-12-20(25)24-19-10-18(21)9-8-17(19)11-22/h4-10,13-14,23H,12H2,1-3H3,(H,24,25). The molecule has 1 unspecified atom stereocenters. The smallest absolute Gasteiger partial charge is 0.238 e. The molecule has 0 aliphatic heterocycles. The fourth-order valence-electron chi connectivity index (χ4n) is 2.45. The molecule has 5 heteroatoms. The molecule has 0 saturated carbocycles. The monoisotopic (exact) mass is 355 g/mol. The second-order valence-electron chi connectivity index (χ2n) is 6.27. The Morgan fingerprint density at radius 2 is 1.76 bits per heavy atom. The van der Waals surface area contributed by atoms with Crippen LogP contribution in [0, 0.1) is 11.3 Å².